The Morgan fingerprint density at radius 2 is 2.04 bits per heavy atom. The lowest BCUT2D eigenvalue weighted by Gasteiger charge is -2.32. The summed E-state index contributed by atoms with van der Waals surface area (Å²) in [6.45, 7) is 3.94. The molecule has 0 fully saturated rings. The maximum Gasteiger partial charge on any atom is 0.240 e. The van der Waals surface area contributed by atoms with E-state index in [4.69, 9.17) is 11.6 Å². The van der Waals surface area contributed by atoms with Crippen LogP contribution in [0.4, 0.5) is 11.5 Å². The maximum absolute atomic E-state index is 13.0. The molecule has 0 bridgehead atoms. The molecule has 1 spiro atoms. The van der Waals surface area contributed by atoms with Crippen LogP contribution in [-0.4, -0.2) is 21.6 Å². The molecule has 124 valence electrons. The number of aromatic nitrogens is 2. The number of rotatable bonds is 1. The summed E-state index contributed by atoms with van der Waals surface area (Å²) in [6, 6.07) is 3.62. The predicted octanol–water partition coefficient (Wildman–Crippen LogP) is 3.46. The number of halogens is 2. The summed E-state index contributed by atoms with van der Waals surface area (Å²) in [5.74, 6) is 0.0984. The molecule has 2 aromatic rings. The topological polar surface area (TPSA) is 76.0 Å². The monoisotopic (exact) mass is 408 g/mol. The fourth-order valence-corrected chi connectivity index (χ4v) is 4.38. The van der Waals surface area contributed by atoms with Crippen LogP contribution in [0.2, 0.25) is 5.02 Å². The van der Waals surface area contributed by atoms with Crippen molar-refractivity contribution in [2.75, 3.05) is 10.6 Å². The second-order valence-electron chi connectivity index (χ2n) is 6.34. The summed E-state index contributed by atoms with van der Waals surface area (Å²) < 4.78 is 2.48. The highest BCUT2D eigenvalue weighted by molar-refractivity contribution is 9.10. The molecule has 8 heteroatoms. The van der Waals surface area contributed by atoms with Gasteiger partial charge in [-0.25, -0.2) is 4.68 Å². The molecule has 4 rings (SSSR count). The number of hydrogen-bond acceptors (Lipinski definition) is 3. The molecule has 2 amide bonds. The lowest BCUT2D eigenvalue weighted by Crippen LogP contribution is -2.43. The lowest BCUT2D eigenvalue weighted by molar-refractivity contribution is -0.125. The van der Waals surface area contributed by atoms with Gasteiger partial charge in [-0.1, -0.05) is 27.5 Å². The van der Waals surface area contributed by atoms with Crippen LogP contribution in [-0.2, 0) is 15.0 Å². The van der Waals surface area contributed by atoms with Crippen LogP contribution in [0.5, 0.6) is 0 Å². The van der Waals surface area contributed by atoms with Crippen molar-refractivity contribution >= 4 is 50.9 Å². The second kappa shape index (κ2) is 5.07. The van der Waals surface area contributed by atoms with Crippen molar-refractivity contribution in [1.29, 1.82) is 0 Å². The van der Waals surface area contributed by atoms with E-state index in [2.05, 4.69) is 31.7 Å². The molecular weight excluding hydrogens is 396 g/mol. The Labute approximate surface area is 151 Å². The smallest absolute Gasteiger partial charge is 0.240 e. The summed E-state index contributed by atoms with van der Waals surface area (Å²) in [5, 5.41) is 10.5. The Kier molecular flexibility index (Phi) is 3.30. The number of nitrogens with one attached hydrogen (secondary N) is 2. The summed E-state index contributed by atoms with van der Waals surface area (Å²) in [4.78, 5) is 25.4. The quantitative estimate of drug-likeness (QED) is 0.757. The molecule has 2 aliphatic rings. The van der Waals surface area contributed by atoms with Crippen molar-refractivity contribution in [3.8, 4) is 0 Å². The standard InChI is InChI=1S/C16H14BrClN4O2/c1-7(2)22-14-10(6-19-22)16(5-12(23)20-14)9-3-8(17)4-11(18)13(9)21-15(16)24/h3-4,6-7H,5H2,1-2H3,(H,20,23)(H,21,24)/t16-/m1/s1. The Hall–Kier alpha value is -1.86. The zero-order valence-electron chi connectivity index (χ0n) is 13.0. The molecular formula is C16H14BrClN4O2. The van der Waals surface area contributed by atoms with Gasteiger partial charge in [-0.3, -0.25) is 9.59 Å². The largest absolute Gasteiger partial charge is 0.323 e. The van der Waals surface area contributed by atoms with Gasteiger partial charge in [0.15, 0.2) is 0 Å². The van der Waals surface area contributed by atoms with Crippen LogP contribution in [0.25, 0.3) is 0 Å². The van der Waals surface area contributed by atoms with Crippen LogP contribution >= 0.6 is 27.5 Å². The number of carbonyl (C=O) groups is 2. The first kappa shape index (κ1) is 15.7. The Bertz CT molecular complexity index is 908. The first-order chi connectivity index (χ1) is 11.3. The first-order valence-electron chi connectivity index (χ1n) is 7.53. The molecule has 0 radical (unpaired) electrons. The van der Waals surface area contributed by atoms with Crippen molar-refractivity contribution in [2.45, 2.75) is 31.7 Å². The number of hydrogen-bond donors (Lipinski definition) is 2. The third-order valence-corrected chi connectivity index (χ3v) is 5.32. The van der Waals surface area contributed by atoms with Crippen LogP contribution in [0.15, 0.2) is 22.8 Å². The minimum atomic E-state index is -1.10. The highest BCUT2D eigenvalue weighted by Gasteiger charge is 2.55. The van der Waals surface area contributed by atoms with Gasteiger partial charge in [0.05, 0.1) is 16.9 Å². The molecule has 3 heterocycles. The fraction of sp³-hybridized carbons (Fsp3) is 0.312. The van der Waals surface area contributed by atoms with Crippen LogP contribution in [0.1, 0.15) is 37.4 Å². The number of benzene rings is 1. The van der Waals surface area contributed by atoms with Crippen molar-refractivity contribution in [3.05, 3.63) is 39.0 Å². The molecule has 0 saturated carbocycles. The second-order valence-corrected chi connectivity index (χ2v) is 7.66. The summed E-state index contributed by atoms with van der Waals surface area (Å²) >= 11 is 9.72. The number of carbonyl (C=O) groups excluding carboxylic acids is 2. The maximum atomic E-state index is 13.0. The number of amides is 2. The van der Waals surface area contributed by atoms with E-state index in [1.807, 2.05) is 19.9 Å². The van der Waals surface area contributed by atoms with Gasteiger partial charge in [-0.05, 0) is 31.5 Å². The predicted molar refractivity (Wildman–Crippen MR) is 94.4 cm³/mol. The number of nitrogens with zero attached hydrogens (tertiary/aromatic N) is 2. The Balaban J connectivity index is 2.04. The van der Waals surface area contributed by atoms with E-state index in [-0.39, 0.29) is 24.3 Å². The van der Waals surface area contributed by atoms with Crippen LogP contribution < -0.4 is 10.6 Å². The molecule has 2 aliphatic heterocycles. The Morgan fingerprint density at radius 1 is 1.29 bits per heavy atom. The van der Waals surface area contributed by atoms with E-state index in [0.29, 0.717) is 27.7 Å². The SMILES string of the molecule is CC(C)n1ncc2c1NC(=O)C[C@]21C(=O)Nc2c(Cl)cc(Br)cc21. The highest BCUT2D eigenvalue weighted by atomic mass is 79.9. The average Bonchev–Trinajstić information content (AvgIpc) is 3.02. The van der Waals surface area contributed by atoms with Gasteiger partial charge in [0, 0.05) is 22.5 Å². The third-order valence-electron chi connectivity index (χ3n) is 4.57. The average molecular weight is 410 g/mol. The van der Waals surface area contributed by atoms with Gasteiger partial charge in [-0.15, -0.1) is 0 Å². The van der Waals surface area contributed by atoms with Crippen molar-refractivity contribution in [2.24, 2.45) is 0 Å². The normalized spacial score (nSPS) is 21.7. The molecule has 1 atom stereocenters. The van der Waals surface area contributed by atoms with E-state index in [1.165, 1.54) is 0 Å². The van der Waals surface area contributed by atoms with Gasteiger partial charge < -0.3 is 10.6 Å². The molecule has 2 N–H and O–H groups in total. The van der Waals surface area contributed by atoms with E-state index in [0.717, 1.165) is 4.47 Å². The fourth-order valence-electron chi connectivity index (χ4n) is 3.53. The summed E-state index contributed by atoms with van der Waals surface area (Å²) in [7, 11) is 0. The minimum Gasteiger partial charge on any atom is -0.323 e. The zero-order valence-corrected chi connectivity index (χ0v) is 15.3. The van der Waals surface area contributed by atoms with Gasteiger partial charge in [0.1, 0.15) is 11.2 Å². The van der Waals surface area contributed by atoms with E-state index in [9.17, 15) is 9.59 Å². The molecule has 24 heavy (non-hydrogen) atoms. The summed E-state index contributed by atoms with van der Waals surface area (Å²) in [6.07, 6.45) is 1.69. The third kappa shape index (κ3) is 1.91. The molecule has 1 aromatic carbocycles. The van der Waals surface area contributed by atoms with Gasteiger partial charge >= 0.3 is 0 Å². The highest BCUT2D eigenvalue weighted by Crippen LogP contribution is 2.52. The zero-order chi connectivity index (χ0) is 17.2. The minimum absolute atomic E-state index is 0.0232. The van der Waals surface area contributed by atoms with Gasteiger partial charge in [0.2, 0.25) is 11.8 Å². The molecule has 0 aliphatic carbocycles. The first-order valence-corrected chi connectivity index (χ1v) is 8.70. The number of anilines is 2. The Morgan fingerprint density at radius 3 is 2.75 bits per heavy atom. The molecule has 0 unspecified atom stereocenters. The van der Waals surface area contributed by atoms with E-state index in [1.54, 1.807) is 16.9 Å². The lowest BCUT2D eigenvalue weighted by atomic mass is 9.72. The van der Waals surface area contributed by atoms with Crippen molar-refractivity contribution in [1.82, 2.24) is 9.78 Å². The van der Waals surface area contributed by atoms with Crippen LogP contribution in [0.3, 0.4) is 0 Å². The van der Waals surface area contributed by atoms with Gasteiger partial charge in [-0.2, -0.15) is 5.10 Å². The molecule has 0 saturated heterocycles. The molecule has 1 aromatic heterocycles. The van der Waals surface area contributed by atoms with Crippen LogP contribution in [0, 0.1) is 0 Å². The summed E-state index contributed by atoms with van der Waals surface area (Å²) in [5.41, 5.74) is 0.850. The van der Waals surface area contributed by atoms with Gasteiger partial charge in [0.25, 0.3) is 0 Å². The van der Waals surface area contributed by atoms with E-state index < -0.39 is 5.41 Å². The van der Waals surface area contributed by atoms with Crippen molar-refractivity contribution < 1.29 is 9.59 Å². The molecule has 6 nitrogen and oxygen atoms in total. The van der Waals surface area contributed by atoms with Crippen molar-refractivity contribution in [3.63, 3.8) is 0 Å². The van der Waals surface area contributed by atoms with E-state index >= 15 is 0 Å². The number of fused-ring (bicyclic) bond motifs is 4.